The minimum Gasteiger partial charge on any atom is -0.353 e. The Bertz CT molecular complexity index is 250. The van der Waals surface area contributed by atoms with Crippen LogP contribution in [0.5, 0.6) is 0 Å². The lowest BCUT2D eigenvalue weighted by atomic mass is 10.3. The summed E-state index contributed by atoms with van der Waals surface area (Å²) in [6, 6.07) is 0. The minimum absolute atomic E-state index is 0.110. The van der Waals surface area contributed by atoms with Gasteiger partial charge in [0.15, 0.2) is 0 Å². The van der Waals surface area contributed by atoms with E-state index < -0.39 is 0 Å². The molecule has 0 spiro atoms. The number of nitrogens with one attached hydrogen (secondary N) is 1. The predicted octanol–water partition coefficient (Wildman–Crippen LogP) is 2.56. The molecule has 1 aromatic heterocycles. The molecule has 1 heterocycles. The molecule has 0 aromatic carbocycles. The highest BCUT2D eigenvalue weighted by molar-refractivity contribution is 6.30. The summed E-state index contributed by atoms with van der Waals surface area (Å²) in [6.07, 6.45) is 4.01. The Morgan fingerprint density at radius 3 is 2.62 bits per heavy atom. The van der Waals surface area contributed by atoms with Gasteiger partial charge >= 0.3 is 0 Å². The average Bonchev–Trinajstić information content (AvgIpc) is 2.16. The fourth-order valence-corrected chi connectivity index (χ4v) is 0.925. The van der Waals surface area contributed by atoms with Gasteiger partial charge in [0.05, 0.1) is 22.8 Å². The third-order valence-corrected chi connectivity index (χ3v) is 2.20. The number of anilines is 1. The van der Waals surface area contributed by atoms with E-state index >= 15 is 0 Å². The van der Waals surface area contributed by atoms with E-state index in [1.807, 2.05) is 6.92 Å². The molecule has 0 bridgehead atoms. The van der Waals surface area contributed by atoms with Crippen LogP contribution in [0.4, 0.5) is 5.95 Å². The molecule has 0 saturated carbocycles. The lowest BCUT2D eigenvalue weighted by Crippen LogP contribution is -2.14. The normalized spacial score (nSPS) is 12.5. The predicted molar refractivity (Wildman–Crippen MR) is 55.5 cm³/mol. The highest BCUT2D eigenvalue weighted by atomic mass is 35.5. The zero-order chi connectivity index (χ0) is 9.68. The van der Waals surface area contributed by atoms with Crippen LogP contribution in [0.25, 0.3) is 0 Å². The van der Waals surface area contributed by atoms with Crippen molar-refractivity contribution in [3.05, 3.63) is 17.4 Å². The van der Waals surface area contributed by atoms with E-state index in [9.17, 15) is 0 Å². The molecule has 0 aliphatic rings. The topological polar surface area (TPSA) is 37.8 Å². The molecule has 1 rings (SSSR count). The summed E-state index contributed by atoms with van der Waals surface area (Å²) in [5, 5.41) is 3.65. The van der Waals surface area contributed by atoms with Crippen LogP contribution in [0.2, 0.25) is 5.02 Å². The first-order valence-electron chi connectivity index (χ1n) is 4.08. The highest BCUT2D eigenvalue weighted by Gasteiger charge is 2.01. The molecular formula is C8H11Cl2N3. The number of alkyl halides is 1. The Morgan fingerprint density at radius 1 is 1.46 bits per heavy atom. The fraction of sp³-hybridized carbons (Fsp3) is 0.500. The molecule has 1 unspecified atom stereocenters. The van der Waals surface area contributed by atoms with Gasteiger partial charge in [-0.25, -0.2) is 9.97 Å². The second-order valence-electron chi connectivity index (χ2n) is 2.61. The Kier molecular flexibility index (Phi) is 4.25. The fourth-order valence-electron chi connectivity index (χ4n) is 0.750. The van der Waals surface area contributed by atoms with Crippen molar-refractivity contribution in [3.8, 4) is 0 Å². The molecule has 1 atom stereocenters. The van der Waals surface area contributed by atoms with E-state index in [0.717, 1.165) is 6.42 Å². The Morgan fingerprint density at radius 2 is 2.08 bits per heavy atom. The zero-order valence-corrected chi connectivity index (χ0v) is 8.81. The Balaban J connectivity index is 2.41. The van der Waals surface area contributed by atoms with Gasteiger partial charge in [-0.15, -0.1) is 11.6 Å². The summed E-state index contributed by atoms with van der Waals surface area (Å²) < 4.78 is 0. The average molecular weight is 220 g/mol. The van der Waals surface area contributed by atoms with Crippen LogP contribution in [-0.2, 0) is 0 Å². The standard InChI is InChI=1S/C8H11Cl2N3/c1-2-6(9)3-11-8-12-4-7(10)5-13-8/h4-6H,2-3H2,1H3,(H,11,12,13). The van der Waals surface area contributed by atoms with Crippen molar-refractivity contribution in [2.24, 2.45) is 0 Å². The van der Waals surface area contributed by atoms with Crippen LogP contribution in [0, 0.1) is 0 Å². The second kappa shape index (κ2) is 5.25. The second-order valence-corrected chi connectivity index (χ2v) is 3.66. The van der Waals surface area contributed by atoms with Crippen molar-refractivity contribution in [1.29, 1.82) is 0 Å². The van der Waals surface area contributed by atoms with E-state index in [1.54, 1.807) is 12.4 Å². The summed E-state index contributed by atoms with van der Waals surface area (Å²) >= 11 is 11.5. The van der Waals surface area contributed by atoms with Crippen molar-refractivity contribution >= 4 is 29.2 Å². The van der Waals surface area contributed by atoms with Gasteiger partial charge in [0, 0.05) is 6.54 Å². The summed E-state index contributed by atoms with van der Waals surface area (Å²) in [7, 11) is 0. The molecule has 5 heteroatoms. The molecule has 1 aromatic rings. The van der Waals surface area contributed by atoms with Crippen molar-refractivity contribution in [2.75, 3.05) is 11.9 Å². The molecule has 1 N–H and O–H groups in total. The van der Waals surface area contributed by atoms with Crippen molar-refractivity contribution < 1.29 is 0 Å². The first kappa shape index (κ1) is 10.5. The van der Waals surface area contributed by atoms with Crippen LogP contribution in [0.3, 0.4) is 0 Å². The van der Waals surface area contributed by atoms with Gasteiger partial charge in [0.25, 0.3) is 0 Å². The van der Waals surface area contributed by atoms with Gasteiger partial charge in [-0.05, 0) is 6.42 Å². The maximum atomic E-state index is 5.90. The Hall–Kier alpha value is -0.540. The van der Waals surface area contributed by atoms with Crippen LogP contribution < -0.4 is 5.32 Å². The van der Waals surface area contributed by atoms with E-state index in [-0.39, 0.29) is 5.38 Å². The van der Waals surface area contributed by atoms with Gasteiger partial charge in [-0.2, -0.15) is 0 Å². The van der Waals surface area contributed by atoms with Crippen LogP contribution in [-0.4, -0.2) is 21.9 Å². The molecule has 0 aliphatic carbocycles. The molecule has 0 radical (unpaired) electrons. The minimum atomic E-state index is 0.110. The number of nitrogens with zero attached hydrogens (tertiary/aromatic N) is 2. The maximum Gasteiger partial charge on any atom is 0.222 e. The largest absolute Gasteiger partial charge is 0.353 e. The SMILES string of the molecule is CCC(Cl)CNc1ncc(Cl)cn1. The smallest absolute Gasteiger partial charge is 0.222 e. The van der Waals surface area contributed by atoms with Crippen LogP contribution in [0.1, 0.15) is 13.3 Å². The molecule has 3 nitrogen and oxygen atoms in total. The first-order chi connectivity index (χ1) is 6.22. The van der Waals surface area contributed by atoms with Gasteiger partial charge in [0.1, 0.15) is 0 Å². The lowest BCUT2D eigenvalue weighted by Gasteiger charge is -2.07. The molecular weight excluding hydrogens is 209 g/mol. The first-order valence-corrected chi connectivity index (χ1v) is 4.89. The summed E-state index contributed by atoms with van der Waals surface area (Å²) in [4.78, 5) is 7.94. The molecule has 0 fully saturated rings. The van der Waals surface area contributed by atoms with E-state index in [1.165, 1.54) is 0 Å². The van der Waals surface area contributed by atoms with Crippen molar-refractivity contribution in [1.82, 2.24) is 9.97 Å². The van der Waals surface area contributed by atoms with Gasteiger partial charge in [-0.1, -0.05) is 18.5 Å². The molecule has 0 amide bonds. The van der Waals surface area contributed by atoms with Gasteiger partial charge in [0.2, 0.25) is 5.95 Å². The maximum absolute atomic E-state index is 5.90. The molecule has 72 valence electrons. The number of aromatic nitrogens is 2. The molecule has 0 aliphatic heterocycles. The third-order valence-electron chi connectivity index (χ3n) is 1.54. The van der Waals surface area contributed by atoms with Crippen molar-refractivity contribution in [3.63, 3.8) is 0 Å². The number of hydrogen-bond acceptors (Lipinski definition) is 3. The third kappa shape index (κ3) is 3.79. The van der Waals surface area contributed by atoms with E-state index in [4.69, 9.17) is 23.2 Å². The molecule has 13 heavy (non-hydrogen) atoms. The zero-order valence-electron chi connectivity index (χ0n) is 7.30. The van der Waals surface area contributed by atoms with Gasteiger partial charge in [-0.3, -0.25) is 0 Å². The van der Waals surface area contributed by atoms with Gasteiger partial charge < -0.3 is 5.32 Å². The quantitative estimate of drug-likeness (QED) is 0.792. The summed E-state index contributed by atoms with van der Waals surface area (Å²) in [5.74, 6) is 0.559. The lowest BCUT2D eigenvalue weighted by molar-refractivity contribution is 0.835. The van der Waals surface area contributed by atoms with E-state index in [2.05, 4.69) is 15.3 Å². The van der Waals surface area contributed by atoms with E-state index in [0.29, 0.717) is 17.5 Å². The number of halogens is 2. The van der Waals surface area contributed by atoms with Crippen LogP contribution >= 0.6 is 23.2 Å². The number of rotatable bonds is 4. The highest BCUT2D eigenvalue weighted by Crippen LogP contribution is 2.07. The summed E-state index contributed by atoms with van der Waals surface area (Å²) in [5.41, 5.74) is 0. The summed E-state index contributed by atoms with van der Waals surface area (Å²) in [6.45, 7) is 2.70. The Labute approximate surface area is 87.5 Å². The van der Waals surface area contributed by atoms with Crippen molar-refractivity contribution in [2.45, 2.75) is 18.7 Å². The number of hydrogen-bond donors (Lipinski definition) is 1. The molecule has 0 saturated heterocycles. The monoisotopic (exact) mass is 219 g/mol. The van der Waals surface area contributed by atoms with Crippen LogP contribution in [0.15, 0.2) is 12.4 Å².